The van der Waals surface area contributed by atoms with E-state index < -0.39 is 0 Å². The molecule has 0 saturated carbocycles. The van der Waals surface area contributed by atoms with E-state index in [1.807, 2.05) is 6.92 Å². The molecule has 0 amide bonds. The molecule has 1 N–H and O–H groups in total. The molecule has 6 nitrogen and oxygen atoms in total. The molecule has 1 aromatic carbocycles. The van der Waals surface area contributed by atoms with Gasteiger partial charge in [-0.05, 0) is 31.1 Å². The quantitative estimate of drug-likeness (QED) is 0.495. The number of carbonyl (C=O) groups excluding carboxylic acids is 2. The highest BCUT2D eigenvalue weighted by Crippen LogP contribution is 2.38. The number of benzene rings is 1. The lowest BCUT2D eigenvalue weighted by molar-refractivity contribution is 0.0989. The van der Waals surface area contributed by atoms with E-state index in [0.717, 1.165) is 12.8 Å². The average molecular weight is 317 g/mol. The third kappa shape index (κ3) is 2.97. The van der Waals surface area contributed by atoms with Gasteiger partial charge >= 0.3 is 0 Å². The topological polar surface area (TPSA) is 85.2 Å². The van der Waals surface area contributed by atoms with E-state index in [4.69, 9.17) is 9.47 Å². The van der Waals surface area contributed by atoms with Crippen molar-refractivity contribution in [1.29, 1.82) is 0 Å². The molecule has 0 atom stereocenters. The maximum atomic E-state index is 12.3. The van der Waals surface area contributed by atoms with Crippen LogP contribution in [0.2, 0.25) is 0 Å². The van der Waals surface area contributed by atoms with Crippen LogP contribution in [0.25, 0.3) is 0 Å². The molecule has 0 aliphatic heterocycles. The molecule has 122 valence electrons. The lowest BCUT2D eigenvalue weighted by atomic mass is 9.89. The van der Waals surface area contributed by atoms with Gasteiger partial charge in [-0.3, -0.25) is 9.59 Å². The highest BCUT2D eigenvalue weighted by atomic mass is 16.5. The number of hydrogen-bond donors (Lipinski definition) is 1. The monoisotopic (exact) mass is 317 g/mol. The highest BCUT2D eigenvalue weighted by molar-refractivity contribution is 6.25. The van der Waals surface area contributed by atoms with Crippen molar-refractivity contribution >= 4 is 17.3 Å². The first-order chi connectivity index (χ1) is 11.1. The van der Waals surface area contributed by atoms with Crippen LogP contribution >= 0.6 is 0 Å². The number of ether oxygens (including phenoxy) is 2. The van der Waals surface area contributed by atoms with Gasteiger partial charge in [0.25, 0.3) is 0 Å². The van der Waals surface area contributed by atoms with Gasteiger partial charge in [0.1, 0.15) is 11.5 Å². The van der Waals surface area contributed by atoms with Gasteiger partial charge in [0, 0.05) is 5.56 Å². The van der Waals surface area contributed by atoms with E-state index in [1.54, 1.807) is 6.07 Å². The molecule has 0 saturated heterocycles. The lowest BCUT2D eigenvalue weighted by Gasteiger charge is -2.20. The van der Waals surface area contributed by atoms with Gasteiger partial charge in [-0.25, -0.2) is 0 Å². The number of unbranched alkanes of at least 4 members (excludes halogenated alkanes) is 1. The average Bonchev–Trinajstić information content (AvgIpc) is 2.57. The zero-order chi connectivity index (χ0) is 17.0. The molecule has 0 fully saturated rings. The summed E-state index contributed by atoms with van der Waals surface area (Å²) in [6.07, 6.45) is 4.67. The number of rotatable bonds is 6. The smallest absolute Gasteiger partial charge is 0.190 e. The van der Waals surface area contributed by atoms with Gasteiger partial charge in [0.2, 0.25) is 0 Å². The Morgan fingerprint density at radius 2 is 1.78 bits per heavy atom. The second-order valence-corrected chi connectivity index (χ2v) is 5.12. The standard InChI is InChI=1S/C17H19NO5/c1-4-5-6-11(18-21)10-9-14(22-2)15-12(19)7-8-13(20)16(15)17(10)23-3/h7-9,21H,4-6H2,1-3H3/b18-11-. The van der Waals surface area contributed by atoms with Gasteiger partial charge < -0.3 is 14.7 Å². The maximum Gasteiger partial charge on any atom is 0.190 e. The Balaban J connectivity index is 2.73. The van der Waals surface area contributed by atoms with Crippen molar-refractivity contribution in [2.45, 2.75) is 26.2 Å². The molecular formula is C17H19NO5. The van der Waals surface area contributed by atoms with E-state index in [2.05, 4.69) is 5.16 Å². The minimum absolute atomic E-state index is 0.145. The molecule has 2 rings (SSSR count). The maximum absolute atomic E-state index is 12.3. The van der Waals surface area contributed by atoms with Crippen LogP contribution in [0.3, 0.4) is 0 Å². The Hall–Kier alpha value is -2.63. The number of carbonyl (C=O) groups is 2. The molecule has 0 aromatic heterocycles. The van der Waals surface area contributed by atoms with Gasteiger partial charge in [-0.1, -0.05) is 18.5 Å². The van der Waals surface area contributed by atoms with Crippen LogP contribution in [0.1, 0.15) is 52.5 Å². The minimum atomic E-state index is -0.343. The van der Waals surface area contributed by atoms with Crippen molar-refractivity contribution in [3.05, 3.63) is 34.9 Å². The molecule has 1 aliphatic rings. The molecule has 0 bridgehead atoms. The third-order valence-electron chi connectivity index (χ3n) is 3.75. The molecule has 0 heterocycles. The Bertz CT molecular complexity index is 703. The zero-order valence-electron chi connectivity index (χ0n) is 13.4. The molecule has 1 aromatic rings. The van der Waals surface area contributed by atoms with Crippen LogP contribution < -0.4 is 9.47 Å². The van der Waals surface area contributed by atoms with E-state index in [-0.39, 0.29) is 34.2 Å². The first kappa shape index (κ1) is 16.7. The van der Waals surface area contributed by atoms with E-state index in [9.17, 15) is 14.8 Å². The first-order valence-corrected chi connectivity index (χ1v) is 7.36. The van der Waals surface area contributed by atoms with E-state index in [1.165, 1.54) is 26.4 Å². The van der Waals surface area contributed by atoms with Crippen molar-refractivity contribution in [3.8, 4) is 11.5 Å². The number of hydrogen-bond acceptors (Lipinski definition) is 6. The molecule has 0 radical (unpaired) electrons. The molecule has 0 unspecified atom stereocenters. The second kappa shape index (κ2) is 7.09. The van der Waals surface area contributed by atoms with Gasteiger partial charge in [0.05, 0.1) is 31.1 Å². The van der Waals surface area contributed by atoms with Gasteiger partial charge in [-0.15, -0.1) is 0 Å². The fourth-order valence-electron chi connectivity index (χ4n) is 2.61. The second-order valence-electron chi connectivity index (χ2n) is 5.12. The van der Waals surface area contributed by atoms with Crippen LogP contribution in [-0.2, 0) is 0 Å². The van der Waals surface area contributed by atoms with Crippen molar-refractivity contribution in [2.24, 2.45) is 5.16 Å². The summed E-state index contributed by atoms with van der Waals surface area (Å²) < 4.78 is 10.6. The summed E-state index contributed by atoms with van der Waals surface area (Å²) >= 11 is 0. The number of nitrogens with zero attached hydrogens (tertiary/aromatic N) is 1. The molecule has 6 heteroatoms. The van der Waals surface area contributed by atoms with Gasteiger partial charge in [-0.2, -0.15) is 0 Å². The van der Waals surface area contributed by atoms with Crippen LogP contribution in [-0.4, -0.2) is 36.7 Å². The van der Waals surface area contributed by atoms with Crippen molar-refractivity contribution in [2.75, 3.05) is 14.2 Å². The first-order valence-electron chi connectivity index (χ1n) is 7.36. The van der Waals surface area contributed by atoms with Crippen molar-refractivity contribution in [1.82, 2.24) is 0 Å². The Kier molecular flexibility index (Phi) is 5.16. The summed E-state index contributed by atoms with van der Waals surface area (Å²) in [5, 5.41) is 12.7. The SMILES string of the molecule is CCCC/C(=N/O)c1cc(OC)c2c(c1OC)C(=O)C=CC2=O. The number of methoxy groups -OCH3 is 2. The van der Waals surface area contributed by atoms with Crippen LogP contribution in [0, 0.1) is 0 Å². The Morgan fingerprint density at radius 1 is 1.13 bits per heavy atom. The van der Waals surface area contributed by atoms with Gasteiger partial charge in [0.15, 0.2) is 11.6 Å². The van der Waals surface area contributed by atoms with E-state index >= 15 is 0 Å². The van der Waals surface area contributed by atoms with Crippen LogP contribution in [0.4, 0.5) is 0 Å². The summed E-state index contributed by atoms with van der Waals surface area (Å²) in [6.45, 7) is 2.02. The minimum Gasteiger partial charge on any atom is -0.496 e. The predicted octanol–water partition coefficient (Wildman–Crippen LogP) is 3.01. The highest BCUT2D eigenvalue weighted by Gasteiger charge is 2.30. The number of oxime groups is 1. The fourth-order valence-corrected chi connectivity index (χ4v) is 2.61. The third-order valence-corrected chi connectivity index (χ3v) is 3.75. The Morgan fingerprint density at radius 3 is 2.30 bits per heavy atom. The van der Waals surface area contributed by atoms with Crippen molar-refractivity contribution < 1.29 is 24.3 Å². The lowest BCUT2D eigenvalue weighted by Crippen LogP contribution is -2.17. The number of ketones is 2. The zero-order valence-corrected chi connectivity index (χ0v) is 13.4. The molecule has 23 heavy (non-hydrogen) atoms. The van der Waals surface area contributed by atoms with Crippen molar-refractivity contribution in [3.63, 3.8) is 0 Å². The van der Waals surface area contributed by atoms with Crippen LogP contribution in [0.5, 0.6) is 11.5 Å². The molecule has 1 aliphatic carbocycles. The predicted molar refractivity (Wildman–Crippen MR) is 85.2 cm³/mol. The summed E-state index contributed by atoms with van der Waals surface area (Å²) in [7, 11) is 2.83. The Labute approximate surface area is 134 Å². The summed E-state index contributed by atoms with van der Waals surface area (Å²) in [6, 6.07) is 1.58. The molecule has 0 spiro atoms. The summed E-state index contributed by atoms with van der Waals surface area (Å²) in [5.74, 6) is -0.176. The normalized spacial score (nSPS) is 14.0. The largest absolute Gasteiger partial charge is 0.496 e. The molecular weight excluding hydrogens is 298 g/mol. The summed E-state index contributed by atoms with van der Waals surface area (Å²) in [4.78, 5) is 24.4. The van der Waals surface area contributed by atoms with Crippen LogP contribution in [0.15, 0.2) is 23.4 Å². The number of fused-ring (bicyclic) bond motifs is 1. The fraction of sp³-hybridized carbons (Fsp3) is 0.353. The van der Waals surface area contributed by atoms with E-state index in [0.29, 0.717) is 17.7 Å². The summed E-state index contributed by atoms with van der Waals surface area (Å²) in [5.41, 5.74) is 1.16. The number of allylic oxidation sites excluding steroid dienone is 2.